The van der Waals surface area contributed by atoms with Crippen molar-refractivity contribution < 1.29 is 8.83 Å². The van der Waals surface area contributed by atoms with Crippen molar-refractivity contribution in [1.29, 1.82) is 0 Å². The Balaban J connectivity index is 1.38. The van der Waals surface area contributed by atoms with E-state index in [9.17, 15) is 0 Å². The minimum absolute atomic E-state index is 0.147. The molecule has 174 valence electrons. The Labute approximate surface area is 210 Å². The molecule has 0 saturated heterocycles. The third-order valence-corrected chi connectivity index (χ3v) is 8.63. The van der Waals surface area contributed by atoms with Gasteiger partial charge in [0.15, 0.2) is 0 Å². The van der Waals surface area contributed by atoms with Crippen LogP contribution in [0.1, 0.15) is 49.9 Å². The molecule has 0 amide bonds. The van der Waals surface area contributed by atoms with Crippen molar-refractivity contribution in [3.05, 3.63) is 107 Å². The summed E-state index contributed by atoms with van der Waals surface area (Å²) >= 11 is 0. The second kappa shape index (κ2) is 6.39. The lowest BCUT2D eigenvalue weighted by molar-refractivity contribution is 0.617. The molecule has 2 heteroatoms. The Morgan fingerprint density at radius 2 is 1.06 bits per heavy atom. The summed E-state index contributed by atoms with van der Waals surface area (Å²) in [5.74, 6) is 2.04. The Hall–Kier alpha value is -4.04. The van der Waals surface area contributed by atoms with Crippen LogP contribution in [-0.4, -0.2) is 0 Å². The van der Waals surface area contributed by atoms with Crippen molar-refractivity contribution in [2.75, 3.05) is 0 Å². The van der Waals surface area contributed by atoms with E-state index in [4.69, 9.17) is 8.83 Å². The van der Waals surface area contributed by atoms with Crippen LogP contribution >= 0.6 is 0 Å². The van der Waals surface area contributed by atoms with Crippen LogP contribution < -0.4 is 0 Å². The molecule has 0 spiro atoms. The number of rotatable bonds is 1. The quantitative estimate of drug-likeness (QED) is 0.241. The summed E-state index contributed by atoms with van der Waals surface area (Å²) < 4.78 is 13.1. The number of benzene rings is 4. The highest BCUT2D eigenvalue weighted by Gasteiger charge is 2.46. The molecule has 0 fully saturated rings. The average Bonchev–Trinajstić information content (AvgIpc) is 3.57. The van der Waals surface area contributed by atoms with Gasteiger partial charge in [-0.25, -0.2) is 0 Å². The first-order valence-electron chi connectivity index (χ1n) is 12.7. The van der Waals surface area contributed by atoms with E-state index in [2.05, 4.69) is 107 Å². The standard InChI is InChI=1S/C34H26O2/c1-33(2)25-18-23-26(17-22(25)31-29(33)21-12-8-9-13-27(21)35-31)34(3,4)30-24-16-20(19-10-6-5-7-11-19)14-15-28(24)36-32(23)30/h5-18H,1-4H3. The molecule has 2 heterocycles. The van der Waals surface area contributed by atoms with Gasteiger partial charge in [-0.15, -0.1) is 0 Å². The van der Waals surface area contributed by atoms with Gasteiger partial charge in [-0.05, 0) is 52.6 Å². The first kappa shape index (κ1) is 20.2. The van der Waals surface area contributed by atoms with E-state index in [1.54, 1.807) is 0 Å². The third-order valence-electron chi connectivity index (χ3n) is 8.63. The van der Waals surface area contributed by atoms with Gasteiger partial charge in [-0.3, -0.25) is 0 Å². The lowest BCUT2D eigenvalue weighted by atomic mass is 9.78. The van der Waals surface area contributed by atoms with Gasteiger partial charge in [0.05, 0.1) is 0 Å². The minimum atomic E-state index is -0.181. The molecular formula is C34H26O2. The lowest BCUT2D eigenvalue weighted by Gasteiger charge is -2.24. The van der Waals surface area contributed by atoms with Gasteiger partial charge in [-0.2, -0.15) is 0 Å². The molecule has 0 saturated carbocycles. The highest BCUT2D eigenvalue weighted by molar-refractivity contribution is 6.00. The number of fused-ring (bicyclic) bond motifs is 10. The summed E-state index contributed by atoms with van der Waals surface area (Å²) in [5.41, 5.74) is 11.7. The fourth-order valence-corrected chi connectivity index (χ4v) is 6.85. The Morgan fingerprint density at radius 1 is 0.500 bits per heavy atom. The summed E-state index contributed by atoms with van der Waals surface area (Å²) in [5, 5.41) is 2.42. The molecule has 0 aliphatic heterocycles. The molecule has 0 atom stereocenters. The fourth-order valence-electron chi connectivity index (χ4n) is 6.85. The molecule has 6 aromatic rings. The van der Waals surface area contributed by atoms with Gasteiger partial charge in [0.25, 0.3) is 0 Å². The smallest absolute Gasteiger partial charge is 0.139 e. The lowest BCUT2D eigenvalue weighted by Crippen LogP contribution is -2.17. The topological polar surface area (TPSA) is 26.3 Å². The molecule has 36 heavy (non-hydrogen) atoms. The molecule has 0 radical (unpaired) electrons. The molecular weight excluding hydrogens is 440 g/mol. The van der Waals surface area contributed by atoms with E-state index < -0.39 is 0 Å². The van der Waals surface area contributed by atoms with Crippen LogP contribution in [0.5, 0.6) is 0 Å². The zero-order valence-electron chi connectivity index (χ0n) is 20.9. The molecule has 0 unspecified atom stereocenters. The van der Waals surface area contributed by atoms with Crippen molar-refractivity contribution in [2.45, 2.75) is 38.5 Å². The average molecular weight is 467 g/mol. The predicted molar refractivity (Wildman–Crippen MR) is 147 cm³/mol. The zero-order chi connectivity index (χ0) is 24.4. The monoisotopic (exact) mass is 466 g/mol. The van der Waals surface area contributed by atoms with E-state index in [1.165, 1.54) is 55.3 Å². The van der Waals surface area contributed by atoms with Crippen LogP contribution in [0.4, 0.5) is 0 Å². The molecule has 2 aliphatic rings. The molecule has 4 aromatic carbocycles. The van der Waals surface area contributed by atoms with Crippen molar-refractivity contribution >= 4 is 21.9 Å². The first-order chi connectivity index (χ1) is 17.4. The number of hydrogen-bond acceptors (Lipinski definition) is 2. The minimum Gasteiger partial charge on any atom is -0.456 e. The predicted octanol–water partition coefficient (Wildman–Crippen LogP) is 9.46. The number of furan rings is 2. The molecule has 2 nitrogen and oxygen atoms in total. The summed E-state index contributed by atoms with van der Waals surface area (Å²) in [6, 6.07) is 30.3. The van der Waals surface area contributed by atoms with Crippen LogP contribution in [0, 0.1) is 0 Å². The Kier molecular flexibility index (Phi) is 3.58. The second-order valence-corrected chi connectivity index (χ2v) is 11.4. The third kappa shape index (κ3) is 2.32. The van der Waals surface area contributed by atoms with E-state index in [0.29, 0.717) is 0 Å². The van der Waals surface area contributed by atoms with Crippen molar-refractivity contribution in [1.82, 2.24) is 0 Å². The SMILES string of the molecule is CC1(C)c2cc3c(cc2-c2oc4ccccc4c21)C(C)(C)c1c-3oc2ccc(-c3ccccc3)cc12. The maximum Gasteiger partial charge on any atom is 0.139 e. The van der Waals surface area contributed by atoms with Crippen LogP contribution in [0.3, 0.4) is 0 Å². The van der Waals surface area contributed by atoms with Gasteiger partial charge in [-0.1, -0.05) is 82.3 Å². The van der Waals surface area contributed by atoms with Crippen molar-refractivity contribution in [2.24, 2.45) is 0 Å². The highest BCUT2D eigenvalue weighted by Crippen LogP contribution is 2.59. The van der Waals surface area contributed by atoms with Gasteiger partial charge in [0, 0.05) is 43.9 Å². The Bertz CT molecular complexity index is 1880. The van der Waals surface area contributed by atoms with Gasteiger partial charge < -0.3 is 8.83 Å². The zero-order valence-corrected chi connectivity index (χ0v) is 20.9. The largest absolute Gasteiger partial charge is 0.456 e. The van der Waals surface area contributed by atoms with Gasteiger partial charge >= 0.3 is 0 Å². The first-order valence-corrected chi connectivity index (χ1v) is 12.7. The van der Waals surface area contributed by atoms with Crippen LogP contribution in [-0.2, 0) is 10.8 Å². The number of para-hydroxylation sites is 1. The molecule has 2 aliphatic carbocycles. The van der Waals surface area contributed by atoms with Crippen molar-refractivity contribution in [3.63, 3.8) is 0 Å². The summed E-state index contributed by atoms with van der Waals surface area (Å²) in [6.45, 7) is 9.29. The van der Waals surface area contributed by atoms with Crippen LogP contribution in [0.25, 0.3) is 55.7 Å². The molecule has 8 rings (SSSR count). The summed E-state index contributed by atoms with van der Waals surface area (Å²) in [4.78, 5) is 0. The number of hydrogen-bond donors (Lipinski definition) is 0. The van der Waals surface area contributed by atoms with Crippen molar-refractivity contribution in [3.8, 4) is 33.8 Å². The summed E-state index contributed by atoms with van der Waals surface area (Å²) in [7, 11) is 0. The highest BCUT2D eigenvalue weighted by atomic mass is 16.3. The van der Waals surface area contributed by atoms with Gasteiger partial charge in [0.2, 0.25) is 0 Å². The molecule has 0 N–H and O–H groups in total. The summed E-state index contributed by atoms with van der Waals surface area (Å²) in [6.07, 6.45) is 0. The normalized spacial score (nSPS) is 16.2. The van der Waals surface area contributed by atoms with E-state index in [-0.39, 0.29) is 10.8 Å². The molecule has 2 aromatic heterocycles. The maximum atomic E-state index is 6.60. The maximum absolute atomic E-state index is 6.60. The second-order valence-electron chi connectivity index (χ2n) is 11.4. The van der Waals surface area contributed by atoms with E-state index in [1.807, 2.05) is 6.07 Å². The van der Waals surface area contributed by atoms with Gasteiger partial charge in [0.1, 0.15) is 22.7 Å². The Morgan fingerprint density at radius 3 is 1.72 bits per heavy atom. The van der Waals surface area contributed by atoms with Crippen LogP contribution in [0.15, 0.2) is 93.8 Å². The molecule has 0 bridgehead atoms. The van der Waals surface area contributed by atoms with E-state index in [0.717, 1.165) is 22.7 Å². The van der Waals surface area contributed by atoms with Crippen LogP contribution in [0.2, 0.25) is 0 Å². The fraction of sp³-hybridized carbons (Fsp3) is 0.176. The van der Waals surface area contributed by atoms with E-state index >= 15 is 0 Å².